The maximum Gasteiger partial charge on any atom is 0.276 e. The van der Waals surface area contributed by atoms with Crippen LogP contribution in [0, 0.1) is 0 Å². The highest BCUT2D eigenvalue weighted by atomic mass is 16.1. The zero-order valence-electron chi connectivity index (χ0n) is 18.0. The molecule has 7 heteroatoms. The lowest BCUT2D eigenvalue weighted by Gasteiger charge is -2.36. The molecule has 31 heavy (non-hydrogen) atoms. The fourth-order valence-electron chi connectivity index (χ4n) is 3.64. The van der Waals surface area contributed by atoms with Crippen LogP contribution in [0.4, 0.5) is 17.2 Å². The number of benzene rings is 2. The molecular weight excluding hydrogens is 388 g/mol. The summed E-state index contributed by atoms with van der Waals surface area (Å²) < 4.78 is 0. The summed E-state index contributed by atoms with van der Waals surface area (Å²) in [5, 5.41) is 11.0. The van der Waals surface area contributed by atoms with Crippen molar-refractivity contribution >= 4 is 23.1 Å². The first-order chi connectivity index (χ1) is 15.1. The third-order valence-electron chi connectivity index (χ3n) is 5.45. The number of hydrogen-bond donors (Lipinski definition) is 1. The molecule has 0 radical (unpaired) electrons. The topological polar surface area (TPSA) is 64.6 Å². The molecule has 1 N–H and O–H groups in total. The molecular formula is C24H28N6O. The van der Waals surface area contributed by atoms with Gasteiger partial charge in [0.15, 0.2) is 11.5 Å². The van der Waals surface area contributed by atoms with E-state index < -0.39 is 0 Å². The normalized spacial score (nSPS) is 14.3. The molecule has 7 nitrogen and oxygen atoms in total. The van der Waals surface area contributed by atoms with Crippen molar-refractivity contribution in [1.82, 2.24) is 15.1 Å². The van der Waals surface area contributed by atoms with Gasteiger partial charge in [-0.25, -0.2) is 0 Å². The van der Waals surface area contributed by atoms with Crippen molar-refractivity contribution in [2.75, 3.05) is 55.4 Å². The van der Waals surface area contributed by atoms with Crippen LogP contribution in [0.3, 0.4) is 0 Å². The first kappa shape index (κ1) is 20.8. The highest BCUT2D eigenvalue weighted by Gasteiger charge is 2.17. The maximum atomic E-state index is 12.4. The minimum Gasteiger partial charge on any atom is -0.369 e. The first-order valence-corrected chi connectivity index (χ1v) is 10.5. The summed E-state index contributed by atoms with van der Waals surface area (Å²) in [6.07, 6.45) is 0. The van der Waals surface area contributed by atoms with Gasteiger partial charge >= 0.3 is 0 Å². The summed E-state index contributed by atoms with van der Waals surface area (Å²) in [6, 6.07) is 22.1. The van der Waals surface area contributed by atoms with Gasteiger partial charge in [0.05, 0.1) is 0 Å². The Morgan fingerprint density at radius 3 is 2.23 bits per heavy atom. The van der Waals surface area contributed by atoms with Gasteiger partial charge in [-0.2, -0.15) is 0 Å². The molecule has 4 rings (SSSR count). The van der Waals surface area contributed by atoms with Crippen LogP contribution in [0.2, 0.25) is 0 Å². The minimum atomic E-state index is -0.264. The molecule has 1 aromatic heterocycles. The van der Waals surface area contributed by atoms with Crippen molar-refractivity contribution in [3.05, 3.63) is 78.0 Å². The van der Waals surface area contributed by atoms with Crippen molar-refractivity contribution in [2.24, 2.45) is 0 Å². The molecule has 0 atom stereocenters. The molecule has 1 fully saturated rings. The molecule has 1 aliphatic heterocycles. The summed E-state index contributed by atoms with van der Waals surface area (Å²) in [5.74, 6) is 0.449. The third kappa shape index (κ3) is 5.38. The van der Waals surface area contributed by atoms with Gasteiger partial charge in [-0.05, 0) is 42.0 Å². The van der Waals surface area contributed by atoms with E-state index >= 15 is 0 Å². The standard InChI is InChI=1S/C24H28N6O/c1-28(2)23-13-12-22(26-27-23)24(31)25-20-8-10-21(11-9-20)30-16-14-29(15-17-30)18-19-6-4-3-5-7-19/h3-13H,14-18H2,1-2H3,(H,25,31). The lowest BCUT2D eigenvalue weighted by Crippen LogP contribution is -2.45. The number of nitrogens with zero attached hydrogens (tertiary/aromatic N) is 5. The van der Waals surface area contributed by atoms with Crippen LogP contribution in [0.15, 0.2) is 66.7 Å². The first-order valence-electron chi connectivity index (χ1n) is 10.5. The van der Waals surface area contributed by atoms with Crippen LogP contribution < -0.4 is 15.1 Å². The second-order valence-electron chi connectivity index (χ2n) is 7.92. The molecule has 0 aliphatic carbocycles. The van der Waals surface area contributed by atoms with Crippen LogP contribution in [-0.4, -0.2) is 61.3 Å². The molecule has 160 valence electrons. The lowest BCUT2D eigenvalue weighted by molar-refractivity contribution is 0.102. The average molecular weight is 417 g/mol. The number of nitrogens with one attached hydrogen (secondary N) is 1. The van der Waals surface area contributed by atoms with E-state index in [1.54, 1.807) is 12.1 Å². The Bertz CT molecular complexity index is 981. The number of rotatable bonds is 6. The van der Waals surface area contributed by atoms with Gasteiger partial charge in [-0.15, -0.1) is 10.2 Å². The summed E-state index contributed by atoms with van der Waals surface area (Å²) in [6.45, 7) is 5.06. The van der Waals surface area contributed by atoms with E-state index in [-0.39, 0.29) is 5.91 Å². The van der Waals surface area contributed by atoms with Gasteiger partial charge in [0, 0.05) is 58.2 Å². The van der Waals surface area contributed by atoms with Gasteiger partial charge in [0.2, 0.25) is 0 Å². The van der Waals surface area contributed by atoms with E-state index in [4.69, 9.17) is 0 Å². The van der Waals surface area contributed by atoms with E-state index in [1.165, 1.54) is 11.3 Å². The molecule has 0 spiro atoms. The highest BCUT2D eigenvalue weighted by molar-refractivity contribution is 6.02. The fourth-order valence-corrected chi connectivity index (χ4v) is 3.64. The van der Waals surface area contributed by atoms with E-state index in [0.29, 0.717) is 11.5 Å². The summed E-state index contributed by atoms with van der Waals surface area (Å²) in [7, 11) is 3.77. The van der Waals surface area contributed by atoms with Crippen LogP contribution >= 0.6 is 0 Å². The van der Waals surface area contributed by atoms with E-state index in [0.717, 1.165) is 38.4 Å². The summed E-state index contributed by atoms with van der Waals surface area (Å²) >= 11 is 0. The number of hydrogen-bond acceptors (Lipinski definition) is 6. The van der Waals surface area contributed by atoms with Gasteiger partial charge in [0.25, 0.3) is 5.91 Å². The van der Waals surface area contributed by atoms with Gasteiger partial charge in [-0.3, -0.25) is 9.69 Å². The number of carbonyl (C=O) groups is 1. The van der Waals surface area contributed by atoms with Crippen molar-refractivity contribution in [1.29, 1.82) is 0 Å². The van der Waals surface area contributed by atoms with E-state index in [9.17, 15) is 4.79 Å². The smallest absolute Gasteiger partial charge is 0.276 e. The Morgan fingerprint density at radius 1 is 0.903 bits per heavy atom. The van der Waals surface area contributed by atoms with Crippen molar-refractivity contribution < 1.29 is 4.79 Å². The Morgan fingerprint density at radius 2 is 1.61 bits per heavy atom. The van der Waals surface area contributed by atoms with Gasteiger partial charge in [-0.1, -0.05) is 30.3 Å². The largest absolute Gasteiger partial charge is 0.369 e. The second-order valence-corrected chi connectivity index (χ2v) is 7.92. The van der Waals surface area contributed by atoms with Crippen molar-refractivity contribution in [2.45, 2.75) is 6.54 Å². The predicted octanol–water partition coefficient (Wildman–Crippen LogP) is 3.12. The highest BCUT2D eigenvalue weighted by Crippen LogP contribution is 2.20. The molecule has 0 saturated carbocycles. The molecule has 2 aromatic carbocycles. The Balaban J connectivity index is 1.30. The quantitative estimate of drug-likeness (QED) is 0.666. The lowest BCUT2D eigenvalue weighted by atomic mass is 10.2. The molecule has 0 unspecified atom stereocenters. The predicted molar refractivity (Wildman–Crippen MR) is 125 cm³/mol. The number of carbonyl (C=O) groups excluding carboxylic acids is 1. The molecule has 1 aliphatic rings. The Labute approximate surface area is 183 Å². The summed E-state index contributed by atoms with van der Waals surface area (Å²) in [5.41, 5.74) is 3.57. The summed E-state index contributed by atoms with van der Waals surface area (Å²) in [4.78, 5) is 19.1. The Kier molecular flexibility index (Phi) is 6.43. The monoisotopic (exact) mass is 416 g/mol. The second kappa shape index (κ2) is 9.57. The number of piperazine rings is 1. The fraction of sp³-hybridized carbons (Fsp3) is 0.292. The number of aromatic nitrogens is 2. The van der Waals surface area contributed by atoms with Crippen molar-refractivity contribution in [3.63, 3.8) is 0 Å². The zero-order valence-corrected chi connectivity index (χ0v) is 18.0. The van der Waals surface area contributed by atoms with Crippen LogP contribution in [-0.2, 0) is 6.54 Å². The SMILES string of the molecule is CN(C)c1ccc(C(=O)Nc2ccc(N3CCN(Cc4ccccc4)CC3)cc2)nn1. The van der Waals surface area contributed by atoms with E-state index in [1.807, 2.05) is 31.1 Å². The zero-order chi connectivity index (χ0) is 21.6. The molecule has 1 saturated heterocycles. The molecule has 3 aromatic rings. The van der Waals surface area contributed by atoms with Crippen LogP contribution in [0.25, 0.3) is 0 Å². The maximum absolute atomic E-state index is 12.4. The number of amides is 1. The Hall–Kier alpha value is -3.45. The number of anilines is 3. The van der Waals surface area contributed by atoms with Crippen molar-refractivity contribution in [3.8, 4) is 0 Å². The van der Waals surface area contributed by atoms with Gasteiger partial charge in [0.1, 0.15) is 0 Å². The van der Waals surface area contributed by atoms with Crippen LogP contribution in [0.5, 0.6) is 0 Å². The van der Waals surface area contributed by atoms with E-state index in [2.05, 4.69) is 67.8 Å². The van der Waals surface area contributed by atoms with Gasteiger partial charge < -0.3 is 15.1 Å². The average Bonchev–Trinajstić information content (AvgIpc) is 2.81. The minimum absolute atomic E-state index is 0.264. The third-order valence-corrected chi connectivity index (χ3v) is 5.45. The molecule has 2 heterocycles. The molecule has 0 bridgehead atoms. The van der Waals surface area contributed by atoms with Crippen LogP contribution in [0.1, 0.15) is 16.1 Å². The molecule has 1 amide bonds.